The summed E-state index contributed by atoms with van der Waals surface area (Å²) in [5.74, 6) is -0.563. The number of carboxylic acid groups (broad SMARTS) is 1. The van der Waals surface area contributed by atoms with E-state index in [1.807, 2.05) is 13.0 Å². The van der Waals surface area contributed by atoms with Crippen LogP contribution in [-0.4, -0.2) is 21.4 Å². The minimum Gasteiger partial charge on any atom is -0.611 e. The van der Waals surface area contributed by atoms with Crippen molar-refractivity contribution in [2.45, 2.75) is 70.1 Å². The van der Waals surface area contributed by atoms with Gasteiger partial charge in [0.2, 0.25) is 5.43 Å². The molecule has 6 heteroatoms. The molecule has 0 aliphatic heterocycles. The van der Waals surface area contributed by atoms with Crippen LogP contribution in [0, 0.1) is 0 Å². The second-order valence-electron chi connectivity index (χ2n) is 7.97. The third-order valence-corrected chi connectivity index (χ3v) is 7.06. The van der Waals surface area contributed by atoms with E-state index in [0.717, 1.165) is 31.2 Å². The molecule has 1 atom stereocenters. The molecule has 3 aromatic rings. The van der Waals surface area contributed by atoms with Crippen molar-refractivity contribution < 1.29 is 18.9 Å². The Morgan fingerprint density at radius 1 is 1.00 bits per heavy atom. The molecule has 0 saturated carbocycles. The highest BCUT2D eigenvalue weighted by Gasteiger charge is 2.19. The molecule has 0 aliphatic carbocycles. The Bertz CT molecular complexity index is 1120. The summed E-state index contributed by atoms with van der Waals surface area (Å²) in [6.45, 7) is 4.17. The highest BCUT2D eigenvalue weighted by Crippen LogP contribution is 2.28. The van der Waals surface area contributed by atoms with Crippen LogP contribution in [0.5, 0.6) is 0 Å². The zero-order chi connectivity index (χ0) is 22.4. The number of carbonyl (C=O) groups is 1. The van der Waals surface area contributed by atoms with Gasteiger partial charge in [-0.2, -0.15) is 0 Å². The molecule has 2 aromatic carbocycles. The van der Waals surface area contributed by atoms with Crippen molar-refractivity contribution in [3.63, 3.8) is 0 Å². The number of hydrogen-bond donors (Lipinski definition) is 1. The maximum atomic E-state index is 13.2. The number of benzene rings is 2. The van der Waals surface area contributed by atoms with Gasteiger partial charge in [0.25, 0.3) is 0 Å². The van der Waals surface area contributed by atoms with Gasteiger partial charge in [0.15, 0.2) is 4.90 Å². The lowest BCUT2D eigenvalue weighted by Crippen LogP contribution is -2.10. The van der Waals surface area contributed by atoms with Crippen LogP contribution in [0.15, 0.2) is 44.4 Å². The maximum absolute atomic E-state index is 13.2. The number of fused-ring (bicyclic) bond motifs is 2. The van der Waals surface area contributed by atoms with Crippen LogP contribution in [-0.2, 0) is 17.6 Å². The molecule has 31 heavy (non-hydrogen) atoms. The first-order chi connectivity index (χ1) is 15.0. The minimum absolute atomic E-state index is 0.0390. The fraction of sp³-hybridized carbons (Fsp3) is 0.440. The molecular weight excluding hydrogens is 412 g/mol. The lowest BCUT2D eigenvalue weighted by atomic mass is 10.0. The quantitative estimate of drug-likeness (QED) is 0.221. The number of hydrogen-bond acceptors (Lipinski definition) is 4. The van der Waals surface area contributed by atoms with Gasteiger partial charge in [-0.05, 0) is 48.6 Å². The summed E-state index contributed by atoms with van der Waals surface area (Å²) in [6, 6.07) is 7.91. The van der Waals surface area contributed by atoms with Crippen LogP contribution in [0.2, 0.25) is 0 Å². The molecular formula is C25H30O5S. The second-order valence-corrected chi connectivity index (χ2v) is 9.54. The highest BCUT2D eigenvalue weighted by atomic mass is 32.2. The summed E-state index contributed by atoms with van der Waals surface area (Å²) >= 11 is -1.19. The van der Waals surface area contributed by atoms with Crippen LogP contribution < -0.4 is 5.43 Å². The molecule has 1 heterocycles. The highest BCUT2D eigenvalue weighted by molar-refractivity contribution is 7.91. The second kappa shape index (κ2) is 10.8. The molecule has 0 spiro atoms. The van der Waals surface area contributed by atoms with Gasteiger partial charge >= 0.3 is 5.97 Å². The van der Waals surface area contributed by atoms with Gasteiger partial charge in [-0.15, -0.1) is 0 Å². The average molecular weight is 443 g/mol. The Labute approximate surface area is 185 Å². The van der Waals surface area contributed by atoms with Gasteiger partial charge < -0.3 is 14.1 Å². The minimum atomic E-state index is -1.19. The topological polar surface area (TPSA) is 90.6 Å². The molecule has 1 N–H and O–H groups in total. The molecule has 0 radical (unpaired) electrons. The van der Waals surface area contributed by atoms with E-state index in [0.29, 0.717) is 27.2 Å². The lowest BCUT2D eigenvalue weighted by Gasteiger charge is -2.13. The van der Waals surface area contributed by atoms with Crippen LogP contribution in [0.4, 0.5) is 0 Å². The van der Waals surface area contributed by atoms with Crippen LogP contribution in [0.25, 0.3) is 21.9 Å². The smallest absolute Gasteiger partial charge is 0.335 e. The Morgan fingerprint density at radius 2 is 1.74 bits per heavy atom. The maximum Gasteiger partial charge on any atom is 0.335 e. The first kappa shape index (κ1) is 23.4. The van der Waals surface area contributed by atoms with Crippen molar-refractivity contribution in [3.8, 4) is 0 Å². The summed E-state index contributed by atoms with van der Waals surface area (Å²) in [5.41, 5.74) is 1.55. The Hall–Kier alpha value is -2.31. The standard InChI is InChI=1S/C25H30O5S/c1-3-5-6-7-8-9-10-17-14-19(31(29)13-4-2)16-21-23(26)20-15-18(25(27)28)11-12-22(20)30-24(17)21/h11-12,14-16H,3-10,13H2,1-2H3,(H,27,28). The first-order valence-corrected chi connectivity index (χ1v) is 12.4. The molecule has 0 bridgehead atoms. The zero-order valence-corrected chi connectivity index (χ0v) is 19.1. The van der Waals surface area contributed by atoms with Crippen molar-refractivity contribution in [1.82, 2.24) is 0 Å². The Balaban J connectivity index is 2.06. The number of unbranched alkanes of at least 4 members (excludes halogenated alkanes) is 5. The molecule has 5 nitrogen and oxygen atoms in total. The van der Waals surface area contributed by atoms with E-state index in [9.17, 15) is 19.2 Å². The lowest BCUT2D eigenvalue weighted by molar-refractivity contribution is 0.0697. The van der Waals surface area contributed by atoms with E-state index in [1.54, 1.807) is 6.07 Å². The third-order valence-electron chi connectivity index (χ3n) is 5.52. The summed E-state index contributed by atoms with van der Waals surface area (Å²) in [6.07, 6.45) is 8.46. The van der Waals surface area contributed by atoms with E-state index in [-0.39, 0.29) is 16.4 Å². The third kappa shape index (κ3) is 5.49. The van der Waals surface area contributed by atoms with Crippen molar-refractivity contribution in [1.29, 1.82) is 0 Å². The van der Waals surface area contributed by atoms with E-state index in [4.69, 9.17) is 4.42 Å². The molecule has 1 unspecified atom stereocenters. The monoisotopic (exact) mass is 442 g/mol. The summed E-state index contributed by atoms with van der Waals surface area (Å²) in [5, 5.41) is 9.88. The van der Waals surface area contributed by atoms with Gasteiger partial charge in [0, 0.05) is 17.7 Å². The number of aromatic carboxylic acids is 1. The molecule has 3 rings (SSSR count). The summed E-state index contributed by atoms with van der Waals surface area (Å²) < 4.78 is 18.8. The summed E-state index contributed by atoms with van der Waals surface area (Å²) in [4.78, 5) is 25.2. The van der Waals surface area contributed by atoms with Gasteiger partial charge in [-0.3, -0.25) is 4.79 Å². The predicted molar refractivity (Wildman–Crippen MR) is 126 cm³/mol. The molecule has 0 aliphatic rings. The molecule has 166 valence electrons. The van der Waals surface area contributed by atoms with Gasteiger partial charge in [-0.1, -0.05) is 46.0 Å². The molecule has 0 fully saturated rings. The normalized spacial score (nSPS) is 12.5. The van der Waals surface area contributed by atoms with Crippen molar-refractivity contribution in [3.05, 3.63) is 51.7 Å². The molecule has 1 aromatic heterocycles. The largest absolute Gasteiger partial charge is 0.611 e. The fourth-order valence-corrected chi connectivity index (χ4v) is 4.98. The van der Waals surface area contributed by atoms with E-state index in [2.05, 4.69) is 6.92 Å². The number of carboxylic acids is 1. The van der Waals surface area contributed by atoms with Crippen LogP contribution >= 0.6 is 0 Å². The Kier molecular flexibility index (Phi) is 8.15. The van der Waals surface area contributed by atoms with Gasteiger partial charge in [-0.25, -0.2) is 4.79 Å². The summed E-state index contributed by atoms with van der Waals surface area (Å²) in [7, 11) is 0. The molecule has 0 amide bonds. The van der Waals surface area contributed by atoms with Crippen LogP contribution in [0.3, 0.4) is 0 Å². The zero-order valence-electron chi connectivity index (χ0n) is 18.2. The first-order valence-electron chi connectivity index (χ1n) is 11.1. The van der Waals surface area contributed by atoms with E-state index < -0.39 is 17.1 Å². The van der Waals surface area contributed by atoms with Crippen molar-refractivity contribution >= 4 is 39.1 Å². The van der Waals surface area contributed by atoms with E-state index in [1.165, 1.54) is 43.9 Å². The Morgan fingerprint density at radius 3 is 2.45 bits per heavy atom. The number of rotatable bonds is 11. The van der Waals surface area contributed by atoms with E-state index >= 15 is 0 Å². The molecule has 0 saturated heterocycles. The van der Waals surface area contributed by atoms with Gasteiger partial charge in [0.1, 0.15) is 16.9 Å². The van der Waals surface area contributed by atoms with Gasteiger partial charge in [0.05, 0.1) is 16.3 Å². The van der Waals surface area contributed by atoms with Crippen molar-refractivity contribution in [2.75, 3.05) is 5.75 Å². The SMILES string of the molecule is CCCCCCCCc1cc([S+]([O-])CCC)cc2c(=O)c3cc(C(=O)O)ccc3oc12. The predicted octanol–water partition coefficient (Wildman–Crippen LogP) is 6.07. The average Bonchev–Trinajstić information content (AvgIpc) is 2.76. The van der Waals surface area contributed by atoms with Crippen LogP contribution in [0.1, 0.15) is 74.7 Å². The fourth-order valence-electron chi connectivity index (χ4n) is 3.85. The van der Waals surface area contributed by atoms with Crippen molar-refractivity contribution in [2.24, 2.45) is 0 Å². The number of aryl methyl sites for hydroxylation is 1.